The van der Waals surface area contributed by atoms with Gasteiger partial charge < -0.3 is 5.32 Å². The van der Waals surface area contributed by atoms with Crippen LogP contribution in [0.3, 0.4) is 0 Å². The monoisotopic (exact) mass is 575 g/mol. The van der Waals surface area contributed by atoms with Crippen LogP contribution < -0.4 is 5.32 Å². The molecule has 0 aromatic carbocycles. The minimum absolute atomic E-state index is 0.0688. The lowest BCUT2D eigenvalue weighted by Gasteiger charge is -2.59. The summed E-state index contributed by atoms with van der Waals surface area (Å²) in [5, 5.41) is 3.30. The van der Waals surface area contributed by atoms with E-state index in [0.29, 0.717) is 60.9 Å². The third kappa shape index (κ3) is 4.46. The molecule has 5 rings (SSSR count). The number of hydrogen-bond donors (Lipinski definition) is 1. The summed E-state index contributed by atoms with van der Waals surface area (Å²) in [6.07, 6.45) is 8.81. The van der Waals surface area contributed by atoms with E-state index in [2.05, 4.69) is 55.0 Å². The number of Topliss-reactive ketones (excluding diaryl/α,β-unsaturated/α-hetero) is 2. The Morgan fingerprint density at radius 1 is 1.11 bits per heavy atom. The molecule has 198 valence electrons. The highest BCUT2D eigenvalue weighted by atomic mass is 79.9. The van der Waals surface area contributed by atoms with Gasteiger partial charge in [0.2, 0.25) is 5.91 Å². The second-order valence-corrected chi connectivity index (χ2v) is 15.4. The van der Waals surface area contributed by atoms with E-state index < -0.39 is 0 Å². The van der Waals surface area contributed by atoms with Gasteiger partial charge >= 0.3 is 0 Å². The van der Waals surface area contributed by atoms with Gasteiger partial charge in [0.15, 0.2) is 0 Å². The fourth-order valence-corrected chi connectivity index (χ4v) is 10.8. The van der Waals surface area contributed by atoms with E-state index in [1.54, 1.807) is 11.3 Å². The van der Waals surface area contributed by atoms with Gasteiger partial charge in [-0.15, -0.1) is 11.3 Å². The molecule has 1 aromatic heterocycles. The number of fused-ring (bicyclic) bond motifs is 5. The van der Waals surface area contributed by atoms with Crippen LogP contribution in [-0.2, 0) is 14.4 Å². The maximum absolute atomic E-state index is 13.6. The molecule has 1 N–H and O–H groups in total. The molecule has 4 nitrogen and oxygen atoms in total. The zero-order valence-electron chi connectivity index (χ0n) is 22.3. The quantitative estimate of drug-likeness (QED) is 0.381. The number of thiophene rings is 1. The molecule has 0 saturated heterocycles. The fraction of sp³-hybridized carbons (Fsp3) is 0.767. The molecule has 4 fully saturated rings. The second-order valence-electron chi connectivity index (χ2n) is 12.9. The minimum Gasteiger partial charge on any atom is -0.348 e. The van der Waals surface area contributed by atoms with E-state index in [0.717, 1.165) is 42.3 Å². The summed E-state index contributed by atoms with van der Waals surface area (Å²) in [5.74, 6) is 3.01. The van der Waals surface area contributed by atoms with Crippen LogP contribution in [0.2, 0.25) is 0 Å². The molecule has 0 radical (unpaired) electrons. The maximum Gasteiger partial charge on any atom is 0.220 e. The van der Waals surface area contributed by atoms with Crippen molar-refractivity contribution in [3.05, 3.63) is 20.8 Å². The third-order valence-corrected chi connectivity index (χ3v) is 13.0. The first-order valence-corrected chi connectivity index (χ1v) is 15.8. The van der Waals surface area contributed by atoms with Gasteiger partial charge in [-0.1, -0.05) is 27.7 Å². The Kier molecular flexibility index (Phi) is 7.35. The SMILES string of the molecule is CCC(NC(=O)C[C@@H](C)C1CC[C@H]2[C@@H]3C(=O)C[C@@H]4CC(=O)CC[C@]4(C)[C@H]3CC[C@]12C)c1ccc(Br)s1. The number of nitrogens with one attached hydrogen (secondary N) is 1. The molecule has 4 saturated carbocycles. The molecule has 0 bridgehead atoms. The van der Waals surface area contributed by atoms with Gasteiger partial charge in [0.25, 0.3) is 0 Å². The van der Waals surface area contributed by atoms with Crippen LogP contribution in [0.15, 0.2) is 15.9 Å². The first kappa shape index (κ1) is 26.6. The lowest BCUT2D eigenvalue weighted by molar-refractivity contribution is -0.159. The minimum atomic E-state index is 0.0688. The van der Waals surface area contributed by atoms with Crippen molar-refractivity contribution in [1.82, 2.24) is 5.32 Å². The fourth-order valence-electron chi connectivity index (χ4n) is 9.28. The van der Waals surface area contributed by atoms with Crippen molar-refractivity contribution in [3.8, 4) is 0 Å². The van der Waals surface area contributed by atoms with Crippen LogP contribution in [0, 0.1) is 46.3 Å². The maximum atomic E-state index is 13.6. The molecule has 2 unspecified atom stereocenters. The van der Waals surface area contributed by atoms with Crippen molar-refractivity contribution in [1.29, 1.82) is 0 Å². The van der Waals surface area contributed by atoms with Crippen LogP contribution in [0.5, 0.6) is 0 Å². The van der Waals surface area contributed by atoms with E-state index in [-0.39, 0.29) is 34.6 Å². The molecule has 0 spiro atoms. The van der Waals surface area contributed by atoms with Crippen LogP contribution in [-0.4, -0.2) is 17.5 Å². The topological polar surface area (TPSA) is 63.2 Å². The Bertz CT molecular complexity index is 1040. The summed E-state index contributed by atoms with van der Waals surface area (Å²) in [7, 11) is 0. The summed E-state index contributed by atoms with van der Waals surface area (Å²) in [5.41, 5.74) is 0.274. The van der Waals surface area contributed by atoms with Crippen molar-refractivity contribution in [2.75, 3.05) is 0 Å². The zero-order chi connectivity index (χ0) is 25.8. The molecular weight excluding hydrogens is 534 g/mol. The highest BCUT2D eigenvalue weighted by molar-refractivity contribution is 9.11. The van der Waals surface area contributed by atoms with Crippen molar-refractivity contribution < 1.29 is 14.4 Å². The predicted octanol–water partition coefficient (Wildman–Crippen LogP) is 7.51. The Morgan fingerprint density at radius 3 is 2.56 bits per heavy atom. The van der Waals surface area contributed by atoms with Gasteiger partial charge in [0.1, 0.15) is 11.6 Å². The average molecular weight is 577 g/mol. The van der Waals surface area contributed by atoms with E-state index >= 15 is 0 Å². The van der Waals surface area contributed by atoms with Gasteiger partial charge in [-0.25, -0.2) is 0 Å². The predicted molar refractivity (Wildman–Crippen MR) is 148 cm³/mol. The Morgan fingerprint density at radius 2 is 1.86 bits per heavy atom. The normalized spacial score (nSPS) is 39.6. The lowest BCUT2D eigenvalue weighted by atomic mass is 9.44. The number of carbonyl (C=O) groups is 3. The standard InChI is InChI=1S/C30H42BrNO3S/c1-5-23(25-8-9-26(31)36-25)32-27(35)14-17(2)20-6-7-21-28-22(11-13-30(20,21)4)29(3)12-10-19(33)15-18(29)16-24(28)34/h8-9,17-18,20-23,28H,5-7,10-16H2,1-4H3,(H,32,35)/t17-,18+,20?,21+,22+,23?,28+,29+,30-/m1/s1. The molecule has 4 aliphatic rings. The van der Waals surface area contributed by atoms with Gasteiger partial charge in [-0.05, 0) is 107 Å². The van der Waals surface area contributed by atoms with Crippen LogP contribution in [0.25, 0.3) is 0 Å². The highest BCUT2D eigenvalue weighted by Crippen LogP contribution is 2.67. The van der Waals surface area contributed by atoms with Crippen molar-refractivity contribution in [2.24, 2.45) is 46.3 Å². The molecule has 4 aliphatic carbocycles. The molecule has 1 aromatic rings. The molecule has 1 heterocycles. The summed E-state index contributed by atoms with van der Waals surface area (Å²) >= 11 is 5.23. The van der Waals surface area contributed by atoms with Gasteiger partial charge in [-0.3, -0.25) is 14.4 Å². The first-order valence-electron chi connectivity index (χ1n) is 14.2. The molecule has 0 aliphatic heterocycles. The van der Waals surface area contributed by atoms with Gasteiger partial charge in [0, 0.05) is 36.5 Å². The lowest BCUT2D eigenvalue weighted by Crippen LogP contribution is -2.57. The third-order valence-electron chi connectivity index (χ3n) is 11.2. The average Bonchev–Trinajstić information content (AvgIpc) is 3.41. The number of amides is 1. The molecule has 9 atom stereocenters. The Balaban J connectivity index is 1.28. The van der Waals surface area contributed by atoms with E-state index in [1.807, 2.05) is 6.07 Å². The first-order chi connectivity index (χ1) is 17.1. The summed E-state index contributed by atoms with van der Waals surface area (Å²) in [6.45, 7) is 9.22. The summed E-state index contributed by atoms with van der Waals surface area (Å²) < 4.78 is 1.09. The Hall–Kier alpha value is -1.01. The molecule has 36 heavy (non-hydrogen) atoms. The number of halogens is 1. The van der Waals surface area contributed by atoms with Gasteiger partial charge in [-0.2, -0.15) is 0 Å². The van der Waals surface area contributed by atoms with Gasteiger partial charge in [0.05, 0.1) is 9.83 Å². The summed E-state index contributed by atoms with van der Waals surface area (Å²) in [4.78, 5) is 40.1. The molecular formula is C30H42BrNO3S. The van der Waals surface area contributed by atoms with Crippen LogP contribution in [0.4, 0.5) is 0 Å². The second kappa shape index (κ2) is 9.94. The smallest absolute Gasteiger partial charge is 0.220 e. The zero-order valence-corrected chi connectivity index (χ0v) is 24.7. The van der Waals surface area contributed by atoms with Crippen molar-refractivity contribution in [2.45, 2.75) is 97.9 Å². The number of rotatable bonds is 6. The molecule has 6 heteroatoms. The number of carbonyl (C=O) groups excluding carboxylic acids is 3. The largest absolute Gasteiger partial charge is 0.348 e. The summed E-state index contributed by atoms with van der Waals surface area (Å²) in [6, 6.07) is 4.22. The van der Waals surface area contributed by atoms with E-state index in [4.69, 9.17) is 0 Å². The molecule has 1 amide bonds. The van der Waals surface area contributed by atoms with Crippen LogP contribution >= 0.6 is 27.3 Å². The van der Waals surface area contributed by atoms with Crippen molar-refractivity contribution >= 4 is 44.7 Å². The number of hydrogen-bond acceptors (Lipinski definition) is 4. The Labute approximate surface area is 228 Å². The van der Waals surface area contributed by atoms with E-state index in [9.17, 15) is 14.4 Å². The van der Waals surface area contributed by atoms with E-state index in [1.165, 1.54) is 4.88 Å². The van der Waals surface area contributed by atoms with Crippen molar-refractivity contribution in [3.63, 3.8) is 0 Å². The highest BCUT2D eigenvalue weighted by Gasteiger charge is 2.63. The van der Waals surface area contributed by atoms with Crippen LogP contribution in [0.1, 0.15) is 103 Å². The number of ketones is 2.